The third kappa shape index (κ3) is 4.42. The molecule has 3 rings (SSSR count). The largest absolute Gasteiger partial charge is 0.379 e. The van der Waals surface area contributed by atoms with Crippen molar-refractivity contribution in [1.29, 1.82) is 0 Å². The fraction of sp³-hybridized carbons (Fsp3) is 0.381. The average Bonchev–Trinajstić information content (AvgIpc) is 2.73. The van der Waals surface area contributed by atoms with Gasteiger partial charge in [0, 0.05) is 32.8 Å². The van der Waals surface area contributed by atoms with Crippen LogP contribution < -0.4 is 4.31 Å². The fourth-order valence-corrected chi connectivity index (χ4v) is 5.16. The molecule has 0 saturated carbocycles. The molecular weight excluding hydrogens is 412 g/mol. The van der Waals surface area contributed by atoms with Gasteiger partial charge in [-0.05, 0) is 42.7 Å². The number of likely N-dealkylation sites (tertiary alicyclic amines) is 1. The molecule has 0 bridgehead atoms. The lowest BCUT2D eigenvalue weighted by Crippen LogP contribution is -2.46. The standard InChI is InChI=1S/C21H25ClN2O4S/c1-15-11-12-24(14-19(15)28-3)21(25)16-9-10-18(22)20(13-16)29(26,27)23(2)17-7-5-4-6-8-17/h4-10,13,15,19H,11-12,14H2,1-3H3/t15-,19+/m1/s1. The number of halogens is 1. The number of carbonyl (C=O) groups is 1. The lowest BCUT2D eigenvalue weighted by molar-refractivity contribution is -0.00157. The Kier molecular flexibility index (Phi) is 6.51. The molecule has 0 aromatic heterocycles. The number of carbonyl (C=O) groups excluding carboxylic acids is 1. The fourth-order valence-electron chi connectivity index (χ4n) is 3.47. The monoisotopic (exact) mass is 436 g/mol. The SMILES string of the molecule is CO[C@H]1CN(C(=O)c2ccc(Cl)c(S(=O)(=O)N(C)c3ccccc3)c2)CC[C@H]1C. The molecule has 156 valence electrons. The summed E-state index contributed by atoms with van der Waals surface area (Å²) in [6.07, 6.45) is 0.798. The number of sulfonamides is 1. The quantitative estimate of drug-likeness (QED) is 0.717. The topological polar surface area (TPSA) is 66.9 Å². The molecule has 1 aliphatic heterocycles. The van der Waals surface area contributed by atoms with Gasteiger partial charge in [-0.15, -0.1) is 0 Å². The van der Waals surface area contributed by atoms with Gasteiger partial charge in [-0.2, -0.15) is 0 Å². The second kappa shape index (κ2) is 8.73. The second-order valence-electron chi connectivity index (χ2n) is 7.24. The van der Waals surface area contributed by atoms with Crippen LogP contribution in [-0.4, -0.2) is 52.6 Å². The van der Waals surface area contributed by atoms with Crippen LogP contribution in [0, 0.1) is 5.92 Å². The summed E-state index contributed by atoms with van der Waals surface area (Å²) in [5.74, 6) is 0.138. The Bertz CT molecular complexity index is 981. The number of para-hydroxylation sites is 1. The highest BCUT2D eigenvalue weighted by atomic mass is 35.5. The lowest BCUT2D eigenvalue weighted by Gasteiger charge is -2.36. The first-order valence-electron chi connectivity index (χ1n) is 9.41. The van der Waals surface area contributed by atoms with E-state index in [1.807, 2.05) is 6.07 Å². The molecule has 1 amide bonds. The van der Waals surface area contributed by atoms with E-state index < -0.39 is 10.0 Å². The van der Waals surface area contributed by atoms with E-state index in [9.17, 15) is 13.2 Å². The lowest BCUT2D eigenvalue weighted by atomic mass is 9.95. The number of benzene rings is 2. The summed E-state index contributed by atoms with van der Waals surface area (Å²) in [6.45, 7) is 3.18. The Morgan fingerprint density at radius 1 is 1.21 bits per heavy atom. The molecule has 8 heteroatoms. The van der Waals surface area contributed by atoms with Crippen LogP contribution >= 0.6 is 11.6 Å². The van der Waals surface area contributed by atoms with Crippen LogP contribution in [0.15, 0.2) is 53.4 Å². The highest BCUT2D eigenvalue weighted by Gasteiger charge is 2.31. The maximum absolute atomic E-state index is 13.1. The highest BCUT2D eigenvalue weighted by Crippen LogP contribution is 2.29. The van der Waals surface area contributed by atoms with Crippen molar-refractivity contribution < 1.29 is 17.9 Å². The number of hydrogen-bond acceptors (Lipinski definition) is 4. The smallest absolute Gasteiger partial charge is 0.265 e. The maximum atomic E-state index is 13.1. The number of ether oxygens (including phenoxy) is 1. The number of methoxy groups -OCH3 is 1. The minimum atomic E-state index is -3.93. The van der Waals surface area contributed by atoms with Gasteiger partial charge in [0.25, 0.3) is 15.9 Å². The first-order chi connectivity index (χ1) is 13.8. The molecule has 2 aromatic rings. The van der Waals surface area contributed by atoms with Crippen LogP contribution in [0.2, 0.25) is 5.02 Å². The molecule has 1 saturated heterocycles. The second-order valence-corrected chi connectivity index (χ2v) is 9.59. The van der Waals surface area contributed by atoms with Crippen LogP contribution in [-0.2, 0) is 14.8 Å². The summed E-state index contributed by atoms with van der Waals surface area (Å²) >= 11 is 6.22. The minimum absolute atomic E-state index is 0.0348. The van der Waals surface area contributed by atoms with E-state index in [-0.39, 0.29) is 21.9 Å². The predicted octanol–water partition coefficient (Wildman–Crippen LogP) is 3.66. The minimum Gasteiger partial charge on any atom is -0.379 e. The van der Waals surface area contributed by atoms with Gasteiger partial charge in [-0.25, -0.2) is 8.42 Å². The van der Waals surface area contributed by atoms with Gasteiger partial charge >= 0.3 is 0 Å². The first-order valence-corrected chi connectivity index (χ1v) is 11.2. The molecule has 0 aliphatic carbocycles. The Balaban J connectivity index is 1.91. The Morgan fingerprint density at radius 2 is 1.90 bits per heavy atom. The van der Waals surface area contributed by atoms with Crippen molar-refractivity contribution in [2.45, 2.75) is 24.3 Å². The van der Waals surface area contributed by atoms with Crippen molar-refractivity contribution >= 4 is 33.2 Å². The molecule has 2 aromatic carbocycles. The highest BCUT2D eigenvalue weighted by molar-refractivity contribution is 7.93. The van der Waals surface area contributed by atoms with Gasteiger partial charge in [0.1, 0.15) is 4.90 Å². The zero-order chi connectivity index (χ0) is 21.2. The number of amides is 1. The maximum Gasteiger partial charge on any atom is 0.265 e. The third-order valence-electron chi connectivity index (χ3n) is 5.42. The summed E-state index contributed by atoms with van der Waals surface area (Å²) in [7, 11) is -0.824. The van der Waals surface area contributed by atoms with Crippen LogP contribution in [0.25, 0.3) is 0 Å². The van der Waals surface area contributed by atoms with Crippen molar-refractivity contribution in [3.8, 4) is 0 Å². The predicted molar refractivity (Wildman–Crippen MR) is 114 cm³/mol. The molecule has 0 N–H and O–H groups in total. The van der Waals surface area contributed by atoms with E-state index in [0.29, 0.717) is 30.3 Å². The van der Waals surface area contributed by atoms with Crippen molar-refractivity contribution in [2.75, 3.05) is 31.6 Å². The van der Waals surface area contributed by atoms with Crippen LogP contribution in [0.4, 0.5) is 5.69 Å². The molecule has 6 nitrogen and oxygen atoms in total. The van der Waals surface area contributed by atoms with E-state index in [4.69, 9.17) is 16.3 Å². The molecule has 1 heterocycles. The molecule has 29 heavy (non-hydrogen) atoms. The Labute approximate surface area is 177 Å². The van der Waals surface area contributed by atoms with Gasteiger partial charge in [-0.3, -0.25) is 9.10 Å². The summed E-state index contributed by atoms with van der Waals surface area (Å²) in [4.78, 5) is 14.6. The Morgan fingerprint density at radius 3 is 2.55 bits per heavy atom. The summed E-state index contributed by atoms with van der Waals surface area (Å²) < 4.78 is 32.9. The van der Waals surface area contributed by atoms with Crippen LogP contribution in [0.5, 0.6) is 0 Å². The number of rotatable bonds is 5. The average molecular weight is 437 g/mol. The van der Waals surface area contributed by atoms with Crippen molar-refractivity contribution in [2.24, 2.45) is 5.92 Å². The van der Waals surface area contributed by atoms with E-state index in [1.165, 1.54) is 19.2 Å². The number of anilines is 1. The zero-order valence-corrected chi connectivity index (χ0v) is 18.3. The van der Waals surface area contributed by atoms with Crippen molar-refractivity contribution in [1.82, 2.24) is 4.90 Å². The van der Waals surface area contributed by atoms with Gasteiger partial charge < -0.3 is 9.64 Å². The molecule has 1 aliphatic rings. The van der Waals surface area contributed by atoms with E-state index in [0.717, 1.165) is 10.7 Å². The number of hydrogen-bond donors (Lipinski definition) is 0. The van der Waals surface area contributed by atoms with Crippen LogP contribution in [0.1, 0.15) is 23.7 Å². The Hall–Kier alpha value is -2.09. The molecule has 0 spiro atoms. The van der Waals surface area contributed by atoms with E-state index in [1.54, 1.807) is 42.3 Å². The molecule has 0 radical (unpaired) electrons. The van der Waals surface area contributed by atoms with Crippen molar-refractivity contribution in [3.63, 3.8) is 0 Å². The van der Waals surface area contributed by atoms with Crippen molar-refractivity contribution in [3.05, 3.63) is 59.1 Å². The first kappa shape index (κ1) is 21.6. The third-order valence-corrected chi connectivity index (χ3v) is 7.68. The van der Waals surface area contributed by atoms with Gasteiger partial charge in [-0.1, -0.05) is 36.7 Å². The zero-order valence-electron chi connectivity index (χ0n) is 16.7. The summed E-state index contributed by atoms with van der Waals surface area (Å²) in [6, 6.07) is 13.1. The van der Waals surface area contributed by atoms with E-state index >= 15 is 0 Å². The van der Waals surface area contributed by atoms with Gasteiger partial charge in [0.05, 0.1) is 16.8 Å². The van der Waals surface area contributed by atoms with Gasteiger partial charge in [0.15, 0.2) is 0 Å². The molecular formula is C21H25ClN2O4S. The summed E-state index contributed by atoms with van der Waals surface area (Å²) in [5.41, 5.74) is 0.798. The van der Waals surface area contributed by atoms with Crippen LogP contribution in [0.3, 0.4) is 0 Å². The molecule has 0 unspecified atom stereocenters. The molecule has 1 fully saturated rings. The number of piperidine rings is 1. The molecule has 2 atom stereocenters. The number of nitrogens with zero attached hydrogens (tertiary/aromatic N) is 2. The summed E-state index contributed by atoms with van der Waals surface area (Å²) in [5, 5.41) is 0.0753. The normalized spacial score (nSPS) is 19.8. The van der Waals surface area contributed by atoms with Gasteiger partial charge in [0.2, 0.25) is 0 Å². The van der Waals surface area contributed by atoms with E-state index in [2.05, 4.69) is 6.92 Å².